The number of hydrogen-bond acceptors (Lipinski definition) is 3. The van der Waals surface area contributed by atoms with Gasteiger partial charge >= 0.3 is 6.01 Å². The number of para-hydroxylation sites is 1. The molecule has 0 atom stereocenters. The molecule has 0 N–H and O–H groups in total. The predicted molar refractivity (Wildman–Crippen MR) is 72.0 cm³/mol. The summed E-state index contributed by atoms with van der Waals surface area (Å²) in [5.41, 5.74) is 1.08. The van der Waals surface area contributed by atoms with E-state index in [1.165, 1.54) is 18.5 Å². The Morgan fingerprint density at radius 2 is 1.86 bits per heavy atom. The van der Waals surface area contributed by atoms with E-state index >= 15 is 0 Å². The van der Waals surface area contributed by atoms with Gasteiger partial charge < -0.3 is 4.74 Å². The van der Waals surface area contributed by atoms with Gasteiger partial charge in [0.25, 0.3) is 0 Å². The second-order valence-electron chi connectivity index (χ2n) is 4.33. The third kappa shape index (κ3) is 3.05. The summed E-state index contributed by atoms with van der Waals surface area (Å²) in [4.78, 5) is 3.99. The average molecular weight is 287 g/mol. The van der Waals surface area contributed by atoms with E-state index in [1.807, 2.05) is 30.3 Å². The number of nitrogens with zero attached hydrogens (tertiary/aromatic N) is 3. The predicted octanol–water partition coefficient (Wildman–Crippen LogP) is 3.12. The maximum atomic E-state index is 13.5. The molecule has 3 rings (SSSR count). The Bertz CT molecular complexity index is 744. The molecule has 4 nitrogen and oxygen atoms in total. The molecule has 0 aliphatic heterocycles. The molecule has 0 radical (unpaired) electrons. The van der Waals surface area contributed by atoms with E-state index in [1.54, 1.807) is 4.68 Å². The van der Waals surface area contributed by atoms with Gasteiger partial charge in [-0.25, -0.2) is 13.5 Å². The topological polar surface area (TPSA) is 39.9 Å². The monoisotopic (exact) mass is 287 g/mol. The van der Waals surface area contributed by atoms with Gasteiger partial charge in [0.1, 0.15) is 24.6 Å². The third-order valence-electron chi connectivity index (χ3n) is 2.86. The van der Waals surface area contributed by atoms with Gasteiger partial charge in [-0.15, -0.1) is 5.10 Å². The maximum absolute atomic E-state index is 13.5. The zero-order valence-electron chi connectivity index (χ0n) is 10.9. The first-order chi connectivity index (χ1) is 10.2. The lowest BCUT2D eigenvalue weighted by atomic mass is 10.2. The summed E-state index contributed by atoms with van der Waals surface area (Å²) in [6, 6.07) is 12.9. The van der Waals surface area contributed by atoms with E-state index < -0.39 is 11.6 Å². The van der Waals surface area contributed by atoms with E-state index in [2.05, 4.69) is 10.1 Å². The molecule has 1 heterocycles. The smallest absolute Gasteiger partial charge is 0.336 e. The fourth-order valence-corrected chi connectivity index (χ4v) is 1.80. The molecule has 0 aliphatic rings. The highest BCUT2D eigenvalue weighted by atomic mass is 19.1. The van der Waals surface area contributed by atoms with Crippen LogP contribution in [0.1, 0.15) is 5.56 Å². The Kier molecular flexibility index (Phi) is 3.59. The van der Waals surface area contributed by atoms with Crippen LogP contribution in [-0.2, 0) is 6.61 Å². The van der Waals surface area contributed by atoms with Crippen LogP contribution in [0.5, 0.6) is 6.01 Å². The lowest BCUT2D eigenvalue weighted by Crippen LogP contribution is -2.01. The highest BCUT2D eigenvalue weighted by Gasteiger charge is 2.07. The highest BCUT2D eigenvalue weighted by molar-refractivity contribution is 5.29. The van der Waals surface area contributed by atoms with E-state index in [0.29, 0.717) is 0 Å². The van der Waals surface area contributed by atoms with Crippen molar-refractivity contribution in [3.05, 3.63) is 72.1 Å². The van der Waals surface area contributed by atoms with Crippen LogP contribution in [0.15, 0.2) is 54.9 Å². The summed E-state index contributed by atoms with van der Waals surface area (Å²) in [5, 5.41) is 4.13. The van der Waals surface area contributed by atoms with Crippen LogP contribution in [0, 0.1) is 11.6 Å². The van der Waals surface area contributed by atoms with Crippen molar-refractivity contribution < 1.29 is 13.5 Å². The minimum Gasteiger partial charge on any atom is -0.457 e. The lowest BCUT2D eigenvalue weighted by molar-refractivity contribution is 0.275. The van der Waals surface area contributed by atoms with Crippen molar-refractivity contribution in [1.82, 2.24) is 14.8 Å². The van der Waals surface area contributed by atoms with Crippen LogP contribution in [0.2, 0.25) is 0 Å². The van der Waals surface area contributed by atoms with Gasteiger partial charge in [-0.1, -0.05) is 18.2 Å². The van der Waals surface area contributed by atoms with Gasteiger partial charge in [0.2, 0.25) is 0 Å². The van der Waals surface area contributed by atoms with Crippen LogP contribution in [0.4, 0.5) is 8.78 Å². The quantitative estimate of drug-likeness (QED) is 0.740. The molecule has 0 amide bonds. The van der Waals surface area contributed by atoms with E-state index in [0.717, 1.165) is 11.8 Å². The Labute approximate surface area is 119 Å². The van der Waals surface area contributed by atoms with Crippen LogP contribution in [0.3, 0.4) is 0 Å². The van der Waals surface area contributed by atoms with Crippen LogP contribution in [0.25, 0.3) is 5.69 Å². The minimum absolute atomic E-state index is 0.0646. The number of benzene rings is 2. The van der Waals surface area contributed by atoms with Gasteiger partial charge in [0.15, 0.2) is 0 Å². The van der Waals surface area contributed by atoms with Crippen molar-refractivity contribution in [2.75, 3.05) is 0 Å². The second kappa shape index (κ2) is 5.70. The van der Waals surface area contributed by atoms with Crippen molar-refractivity contribution in [2.45, 2.75) is 6.61 Å². The number of aromatic nitrogens is 3. The Hall–Kier alpha value is -2.76. The highest BCUT2D eigenvalue weighted by Crippen LogP contribution is 2.13. The molecule has 0 aliphatic carbocycles. The normalized spacial score (nSPS) is 10.6. The molecule has 1 aromatic heterocycles. The molecule has 0 bridgehead atoms. The van der Waals surface area contributed by atoms with Crippen molar-refractivity contribution in [3.63, 3.8) is 0 Å². The molecule has 2 aromatic carbocycles. The van der Waals surface area contributed by atoms with Crippen molar-refractivity contribution in [1.29, 1.82) is 0 Å². The number of ether oxygens (including phenoxy) is 1. The summed E-state index contributed by atoms with van der Waals surface area (Å²) in [7, 11) is 0. The maximum Gasteiger partial charge on any atom is 0.336 e. The Morgan fingerprint density at radius 3 is 2.62 bits per heavy atom. The molecule has 0 saturated carbocycles. The molecule has 0 unspecified atom stereocenters. The molecule has 0 saturated heterocycles. The second-order valence-corrected chi connectivity index (χ2v) is 4.33. The number of halogens is 2. The Balaban J connectivity index is 1.70. The third-order valence-corrected chi connectivity index (χ3v) is 2.86. The molecular formula is C15H11F2N3O. The van der Waals surface area contributed by atoms with E-state index in [9.17, 15) is 8.78 Å². The summed E-state index contributed by atoms with van der Waals surface area (Å²) >= 11 is 0. The van der Waals surface area contributed by atoms with Crippen LogP contribution < -0.4 is 4.74 Å². The summed E-state index contributed by atoms with van der Waals surface area (Å²) in [5.74, 6) is -1.28. The fourth-order valence-electron chi connectivity index (χ4n) is 1.80. The van der Waals surface area contributed by atoms with Gasteiger partial charge in [-0.2, -0.15) is 4.98 Å². The zero-order chi connectivity index (χ0) is 14.7. The van der Waals surface area contributed by atoms with Crippen LogP contribution >= 0.6 is 0 Å². The van der Waals surface area contributed by atoms with Gasteiger partial charge in [0.05, 0.1) is 5.69 Å². The zero-order valence-corrected chi connectivity index (χ0v) is 10.9. The molecule has 21 heavy (non-hydrogen) atoms. The van der Waals surface area contributed by atoms with E-state index in [4.69, 9.17) is 4.74 Å². The van der Waals surface area contributed by atoms with Crippen LogP contribution in [-0.4, -0.2) is 14.8 Å². The molecule has 3 aromatic rings. The molecule has 106 valence electrons. The summed E-state index contributed by atoms with van der Waals surface area (Å²) < 4.78 is 33.1. The SMILES string of the molecule is Fc1ccc(COc2ncn(-c3ccccc3)n2)c(F)c1. The molecule has 6 heteroatoms. The lowest BCUT2D eigenvalue weighted by Gasteiger charge is -2.03. The largest absolute Gasteiger partial charge is 0.457 e. The fraction of sp³-hybridized carbons (Fsp3) is 0.0667. The van der Waals surface area contributed by atoms with Crippen molar-refractivity contribution in [3.8, 4) is 11.7 Å². The minimum atomic E-state index is -0.655. The van der Waals surface area contributed by atoms with Gasteiger partial charge in [-0.3, -0.25) is 0 Å². The average Bonchev–Trinajstić information content (AvgIpc) is 2.96. The molecule has 0 fully saturated rings. The summed E-state index contributed by atoms with van der Waals surface area (Å²) in [6.07, 6.45) is 1.51. The van der Waals surface area contributed by atoms with Gasteiger partial charge in [-0.05, 0) is 24.3 Å². The molecule has 0 spiro atoms. The number of hydrogen-bond donors (Lipinski definition) is 0. The first kappa shape index (κ1) is 13.2. The first-order valence-corrected chi connectivity index (χ1v) is 6.26. The number of rotatable bonds is 4. The van der Waals surface area contributed by atoms with Crippen molar-refractivity contribution in [2.24, 2.45) is 0 Å². The molecular weight excluding hydrogens is 276 g/mol. The van der Waals surface area contributed by atoms with E-state index in [-0.39, 0.29) is 18.2 Å². The van der Waals surface area contributed by atoms with Crippen molar-refractivity contribution >= 4 is 0 Å². The first-order valence-electron chi connectivity index (χ1n) is 6.26. The van der Waals surface area contributed by atoms with Gasteiger partial charge in [0, 0.05) is 11.6 Å². The summed E-state index contributed by atoms with van der Waals surface area (Å²) in [6.45, 7) is -0.0646. The Morgan fingerprint density at radius 1 is 1.05 bits per heavy atom. The standard InChI is InChI=1S/C15H11F2N3O/c16-12-7-6-11(14(17)8-12)9-21-15-18-10-20(19-15)13-4-2-1-3-5-13/h1-8,10H,9H2.